The SMILES string of the molecule is CC(C)(C)[Si](C)(C)Oc1ccc(C2CCC(O)CC2)c(O[Si](C)(C)C(C)(C)C)c1.CC(C)(C)[Si](C)(C)Oc1ccc(C2CCC(O)CC2)c(O[Si](C)(C)C(C)(C)C)c1. The van der Waals surface area contributed by atoms with Gasteiger partial charge in [-0.05, 0) is 159 Å². The molecule has 2 saturated carbocycles. The van der Waals surface area contributed by atoms with Gasteiger partial charge in [-0.25, -0.2) is 0 Å². The van der Waals surface area contributed by atoms with Crippen LogP contribution in [0.2, 0.25) is 72.5 Å². The lowest BCUT2D eigenvalue weighted by Crippen LogP contribution is -2.44. The molecule has 0 spiro atoms. The molecule has 0 atom stereocenters. The topological polar surface area (TPSA) is 77.4 Å². The van der Waals surface area contributed by atoms with Gasteiger partial charge in [0.15, 0.2) is 0 Å². The molecule has 2 aliphatic rings. The zero-order valence-corrected chi connectivity index (χ0v) is 45.0. The van der Waals surface area contributed by atoms with E-state index in [0.29, 0.717) is 11.8 Å². The van der Waals surface area contributed by atoms with Crippen LogP contribution in [-0.2, 0) is 0 Å². The third kappa shape index (κ3) is 13.2. The Labute approximate surface area is 361 Å². The van der Waals surface area contributed by atoms with Crippen LogP contribution >= 0.6 is 0 Å². The molecule has 332 valence electrons. The number of benzene rings is 2. The van der Waals surface area contributed by atoms with Crippen LogP contribution in [0.4, 0.5) is 0 Å². The summed E-state index contributed by atoms with van der Waals surface area (Å²) in [6, 6.07) is 13.0. The molecular weight excluding hydrogens is 785 g/mol. The molecule has 0 heterocycles. The number of rotatable bonds is 10. The Kier molecular flexibility index (Phi) is 16.1. The van der Waals surface area contributed by atoms with Gasteiger partial charge in [-0.1, -0.05) is 95.2 Å². The lowest BCUT2D eigenvalue weighted by molar-refractivity contribution is 0.122. The predicted molar refractivity (Wildman–Crippen MR) is 259 cm³/mol. The van der Waals surface area contributed by atoms with Crippen molar-refractivity contribution in [3.63, 3.8) is 0 Å². The van der Waals surface area contributed by atoms with E-state index in [0.717, 1.165) is 74.4 Å². The summed E-state index contributed by atoms with van der Waals surface area (Å²) < 4.78 is 26.9. The van der Waals surface area contributed by atoms with Gasteiger partial charge in [0.2, 0.25) is 33.3 Å². The number of hydrogen-bond acceptors (Lipinski definition) is 6. The van der Waals surface area contributed by atoms with Crippen LogP contribution in [0.15, 0.2) is 36.4 Å². The average molecular weight is 874 g/mol. The van der Waals surface area contributed by atoms with Crippen molar-refractivity contribution in [3.8, 4) is 23.0 Å². The lowest BCUT2D eigenvalue weighted by atomic mass is 9.82. The normalized spacial score (nSPS) is 21.8. The molecule has 2 N–H and O–H groups in total. The lowest BCUT2D eigenvalue weighted by Gasteiger charge is -2.39. The molecule has 2 aromatic rings. The Bertz CT molecular complexity index is 1500. The Balaban J connectivity index is 0.000000310. The predicted octanol–water partition coefficient (Wildman–Crippen LogP) is 14.9. The molecule has 0 radical (unpaired) electrons. The first-order chi connectivity index (χ1) is 26.1. The fraction of sp³-hybridized carbons (Fsp3) is 0.750. The van der Waals surface area contributed by atoms with Gasteiger partial charge in [0, 0.05) is 12.1 Å². The third-order valence-electron chi connectivity index (χ3n) is 14.9. The molecule has 0 saturated heterocycles. The summed E-state index contributed by atoms with van der Waals surface area (Å²) in [5, 5.41) is 20.5. The molecule has 0 unspecified atom stereocenters. The fourth-order valence-electron chi connectivity index (χ4n) is 6.53. The van der Waals surface area contributed by atoms with E-state index >= 15 is 0 Å². The highest BCUT2D eigenvalue weighted by atomic mass is 28.4. The molecule has 0 bridgehead atoms. The monoisotopic (exact) mass is 873 g/mol. The fourth-order valence-corrected chi connectivity index (χ4v) is 10.6. The average Bonchev–Trinajstić information content (AvgIpc) is 3.04. The number of hydrogen-bond donors (Lipinski definition) is 2. The van der Waals surface area contributed by atoms with Crippen molar-refractivity contribution < 1.29 is 27.9 Å². The Morgan fingerprint density at radius 1 is 0.397 bits per heavy atom. The molecule has 2 fully saturated rings. The van der Waals surface area contributed by atoms with Crippen LogP contribution in [0.3, 0.4) is 0 Å². The first-order valence-electron chi connectivity index (χ1n) is 22.5. The highest BCUT2D eigenvalue weighted by molar-refractivity contribution is 6.76. The second-order valence-electron chi connectivity index (χ2n) is 23.9. The van der Waals surface area contributed by atoms with Crippen LogP contribution < -0.4 is 17.7 Å². The largest absolute Gasteiger partial charge is 0.543 e. The molecule has 0 aliphatic heterocycles. The summed E-state index contributed by atoms with van der Waals surface area (Å²) in [5.41, 5.74) is 2.59. The number of aliphatic hydroxyl groups is 2. The van der Waals surface area contributed by atoms with E-state index < -0.39 is 33.3 Å². The van der Waals surface area contributed by atoms with E-state index in [1.54, 1.807) is 0 Å². The standard InChI is InChI=1S/2C24H44O3Si2/c2*1-23(2,3)28(7,8)26-20-15-16-21(18-11-13-19(25)14-12-18)22(17-20)27-29(9,10)24(4,5)6/h2*15-19,25H,11-14H2,1-10H3. The molecule has 0 amide bonds. The number of aliphatic hydroxyl groups excluding tert-OH is 2. The minimum Gasteiger partial charge on any atom is -0.543 e. The summed E-state index contributed by atoms with van der Waals surface area (Å²) in [5.74, 6) is 4.80. The summed E-state index contributed by atoms with van der Waals surface area (Å²) in [6.07, 6.45) is 7.34. The minimum atomic E-state index is -1.97. The van der Waals surface area contributed by atoms with Crippen molar-refractivity contribution in [2.24, 2.45) is 0 Å². The highest BCUT2D eigenvalue weighted by Gasteiger charge is 2.43. The van der Waals surface area contributed by atoms with Crippen molar-refractivity contribution in [1.82, 2.24) is 0 Å². The van der Waals surface area contributed by atoms with Crippen LogP contribution in [0.5, 0.6) is 23.0 Å². The van der Waals surface area contributed by atoms with Gasteiger partial charge in [-0.3, -0.25) is 0 Å². The maximum absolute atomic E-state index is 9.94. The van der Waals surface area contributed by atoms with Crippen molar-refractivity contribution in [3.05, 3.63) is 47.5 Å². The van der Waals surface area contributed by atoms with Gasteiger partial charge in [-0.15, -0.1) is 0 Å². The van der Waals surface area contributed by atoms with E-state index in [-0.39, 0.29) is 32.4 Å². The van der Waals surface area contributed by atoms with Crippen molar-refractivity contribution in [2.75, 3.05) is 0 Å². The minimum absolute atomic E-state index is 0.141. The van der Waals surface area contributed by atoms with Crippen molar-refractivity contribution in [1.29, 1.82) is 0 Å². The van der Waals surface area contributed by atoms with Crippen molar-refractivity contribution >= 4 is 33.3 Å². The summed E-state index contributed by atoms with van der Waals surface area (Å²) in [7, 11) is -7.75. The molecule has 6 nitrogen and oxygen atoms in total. The Morgan fingerprint density at radius 3 is 0.879 bits per heavy atom. The van der Waals surface area contributed by atoms with E-state index in [1.807, 2.05) is 0 Å². The van der Waals surface area contributed by atoms with Gasteiger partial charge in [-0.2, -0.15) is 0 Å². The second-order valence-corrected chi connectivity index (χ2v) is 42.8. The first kappa shape index (κ1) is 50.8. The summed E-state index contributed by atoms with van der Waals surface area (Å²) in [4.78, 5) is 0. The maximum Gasteiger partial charge on any atom is 0.250 e. The third-order valence-corrected chi connectivity index (χ3v) is 32.3. The highest BCUT2D eigenvalue weighted by Crippen LogP contribution is 2.47. The Morgan fingerprint density at radius 2 is 0.638 bits per heavy atom. The smallest absolute Gasteiger partial charge is 0.250 e. The van der Waals surface area contributed by atoms with E-state index in [2.05, 4.69) is 172 Å². The molecular formula is C48H88O6Si4. The van der Waals surface area contributed by atoms with E-state index in [9.17, 15) is 10.2 Å². The van der Waals surface area contributed by atoms with E-state index in [4.69, 9.17) is 17.7 Å². The second kappa shape index (κ2) is 18.4. The van der Waals surface area contributed by atoms with Gasteiger partial charge in [0.1, 0.15) is 23.0 Å². The zero-order valence-electron chi connectivity index (χ0n) is 41.0. The van der Waals surface area contributed by atoms with Crippen LogP contribution in [0.25, 0.3) is 0 Å². The van der Waals surface area contributed by atoms with Gasteiger partial charge in [0.25, 0.3) is 0 Å². The van der Waals surface area contributed by atoms with Gasteiger partial charge in [0.05, 0.1) is 12.2 Å². The first-order valence-corrected chi connectivity index (χ1v) is 34.1. The van der Waals surface area contributed by atoms with E-state index in [1.165, 1.54) is 11.1 Å². The zero-order chi connectivity index (χ0) is 44.5. The summed E-state index contributed by atoms with van der Waals surface area (Å²) in [6.45, 7) is 45.7. The van der Waals surface area contributed by atoms with Gasteiger partial charge < -0.3 is 27.9 Å². The van der Waals surface area contributed by atoms with Crippen LogP contribution in [-0.4, -0.2) is 55.7 Å². The molecule has 4 rings (SSSR count). The van der Waals surface area contributed by atoms with Crippen LogP contribution in [0.1, 0.15) is 157 Å². The van der Waals surface area contributed by atoms with Crippen LogP contribution in [0, 0.1) is 0 Å². The quantitative estimate of drug-likeness (QED) is 0.232. The summed E-state index contributed by atoms with van der Waals surface area (Å²) >= 11 is 0. The molecule has 10 heteroatoms. The Hall–Kier alpha value is -1.57. The van der Waals surface area contributed by atoms with Crippen molar-refractivity contribution in [2.45, 2.75) is 231 Å². The van der Waals surface area contributed by atoms with Gasteiger partial charge >= 0.3 is 0 Å². The molecule has 2 aliphatic carbocycles. The molecule has 2 aromatic carbocycles. The maximum atomic E-state index is 9.94. The molecule has 0 aromatic heterocycles. The molecule has 58 heavy (non-hydrogen) atoms.